The minimum atomic E-state index is -3.55. The molecule has 0 atom stereocenters. The van der Waals surface area contributed by atoms with Crippen LogP contribution in [-0.4, -0.2) is 39.0 Å². The first-order chi connectivity index (χ1) is 8.95. The number of halogens is 1. The fourth-order valence-electron chi connectivity index (χ4n) is 1.83. The second-order valence-corrected chi connectivity index (χ2v) is 6.57. The summed E-state index contributed by atoms with van der Waals surface area (Å²) in [5, 5.41) is 0. The Bertz CT molecular complexity index is 502. The summed E-state index contributed by atoms with van der Waals surface area (Å²) in [7, 11) is -1.99. The Balaban J connectivity index is 3.19. The maximum Gasteiger partial charge on any atom is 0.243 e. The van der Waals surface area contributed by atoms with Crippen LogP contribution in [0.5, 0.6) is 0 Å². The number of ether oxygens (including phenoxy) is 1. The molecular formula is C13H20ClNO3S. The van der Waals surface area contributed by atoms with Gasteiger partial charge in [0.25, 0.3) is 0 Å². The molecule has 4 nitrogen and oxygen atoms in total. The summed E-state index contributed by atoms with van der Waals surface area (Å²) in [5.41, 5.74) is 0.618. The van der Waals surface area contributed by atoms with E-state index in [9.17, 15) is 8.42 Å². The third-order valence-corrected chi connectivity index (χ3v) is 5.26. The molecule has 6 heteroatoms. The molecule has 0 fully saturated rings. The van der Waals surface area contributed by atoms with Crippen LogP contribution in [0.2, 0.25) is 0 Å². The predicted molar refractivity (Wildman–Crippen MR) is 76.9 cm³/mol. The number of sulfonamides is 1. The maximum atomic E-state index is 12.7. The Morgan fingerprint density at radius 1 is 1.32 bits per heavy atom. The standard InChI is InChI=1S/C13H20ClNO3S/c1-11(2)15(8-9-18-3)19(16,17)13-7-5-4-6-12(13)10-14/h4-7,11H,8-10H2,1-3H3. The van der Waals surface area contributed by atoms with Crippen LogP contribution in [0.25, 0.3) is 0 Å². The Labute approximate surface area is 120 Å². The van der Waals surface area contributed by atoms with Crippen molar-refractivity contribution >= 4 is 21.6 Å². The van der Waals surface area contributed by atoms with Crippen molar-refractivity contribution in [3.05, 3.63) is 29.8 Å². The summed E-state index contributed by atoms with van der Waals surface area (Å²) >= 11 is 5.82. The monoisotopic (exact) mass is 305 g/mol. The number of rotatable bonds is 7. The summed E-state index contributed by atoms with van der Waals surface area (Å²) in [6.07, 6.45) is 0. The molecule has 0 saturated heterocycles. The lowest BCUT2D eigenvalue weighted by atomic mass is 10.2. The summed E-state index contributed by atoms with van der Waals surface area (Å²) in [6, 6.07) is 6.68. The molecule has 0 N–H and O–H groups in total. The molecule has 0 amide bonds. The van der Waals surface area contributed by atoms with Crippen molar-refractivity contribution in [2.45, 2.75) is 30.7 Å². The molecule has 1 aromatic carbocycles. The zero-order valence-corrected chi connectivity index (χ0v) is 13.0. The summed E-state index contributed by atoms with van der Waals surface area (Å²) < 4.78 is 31.8. The van der Waals surface area contributed by atoms with Crippen LogP contribution in [0, 0.1) is 0 Å². The third kappa shape index (κ3) is 3.92. The molecule has 1 rings (SSSR count). The van der Waals surface area contributed by atoms with E-state index in [1.165, 1.54) is 4.31 Å². The van der Waals surface area contributed by atoms with Gasteiger partial charge in [0, 0.05) is 25.6 Å². The zero-order chi connectivity index (χ0) is 14.5. The van der Waals surface area contributed by atoms with Crippen LogP contribution < -0.4 is 0 Å². The Morgan fingerprint density at radius 3 is 2.47 bits per heavy atom. The Kier molecular flexibility index (Phi) is 6.26. The maximum absolute atomic E-state index is 12.7. The SMILES string of the molecule is COCCN(C(C)C)S(=O)(=O)c1ccccc1CCl. The smallest absolute Gasteiger partial charge is 0.243 e. The molecule has 0 aromatic heterocycles. The minimum absolute atomic E-state index is 0.136. The fraction of sp³-hybridized carbons (Fsp3) is 0.538. The average Bonchev–Trinajstić information content (AvgIpc) is 2.38. The van der Waals surface area contributed by atoms with Crippen molar-refractivity contribution in [1.29, 1.82) is 0 Å². The van der Waals surface area contributed by atoms with Crippen LogP contribution >= 0.6 is 11.6 Å². The number of alkyl halides is 1. The lowest BCUT2D eigenvalue weighted by molar-refractivity contribution is 0.171. The first-order valence-corrected chi connectivity index (χ1v) is 8.07. The van der Waals surface area contributed by atoms with Gasteiger partial charge in [0.05, 0.1) is 11.5 Å². The molecule has 0 aliphatic rings. The van der Waals surface area contributed by atoms with E-state index in [4.69, 9.17) is 16.3 Å². The van der Waals surface area contributed by atoms with Crippen molar-refractivity contribution in [1.82, 2.24) is 4.31 Å². The van der Waals surface area contributed by atoms with E-state index in [0.717, 1.165) is 0 Å². The van der Waals surface area contributed by atoms with E-state index in [-0.39, 0.29) is 16.8 Å². The molecule has 0 aliphatic heterocycles. The van der Waals surface area contributed by atoms with E-state index in [1.807, 2.05) is 13.8 Å². The first kappa shape index (κ1) is 16.4. The molecule has 0 unspecified atom stereocenters. The lowest BCUT2D eigenvalue weighted by Crippen LogP contribution is -2.39. The highest BCUT2D eigenvalue weighted by Crippen LogP contribution is 2.23. The summed E-state index contributed by atoms with van der Waals surface area (Å²) in [5.74, 6) is 0.172. The van der Waals surface area contributed by atoms with Crippen LogP contribution in [0.15, 0.2) is 29.2 Å². The second-order valence-electron chi connectivity index (χ2n) is 4.44. The molecule has 0 saturated carbocycles. The number of methoxy groups -OCH3 is 1. The van der Waals surface area contributed by atoms with Crippen molar-refractivity contribution in [3.63, 3.8) is 0 Å². The highest BCUT2D eigenvalue weighted by molar-refractivity contribution is 7.89. The molecule has 19 heavy (non-hydrogen) atoms. The van der Waals surface area contributed by atoms with Gasteiger partial charge < -0.3 is 4.74 Å². The van der Waals surface area contributed by atoms with Gasteiger partial charge in [-0.05, 0) is 25.5 Å². The van der Waals surface area contributed by atoms with Gasteiger partial charge in [0.2, 0.25) is 10.0 Å². The normalized spacial score (nSPS) is 12.3. The third-order valence-electron chi connectivity index (χ3n) is 2.79. The van der Waals surface area contributed by atoms with Crippen LogP contribution in [0.3, 0.4) is 0 Å². The Hall–Kier alpha value is -0.620. The summed E-state index contributed by atoms with van der Waals surface area (Å²) in [6.45, 7) is 4.38. The average molecular weight is 306 g/mol. The molecule has 1 aromatic rings. The number of hydrogen-bond donors (Lipinski definition) is 0. The van der Waals surface area contributed by atoms with Crippen molar-refractivity contribution in [2.24, 2.45) is 0 Å². The second kappa shape index (κ2) is 7.24. The van der Waals surface area contributed by atoms with Gasteiger partial charge in [-0.15, -0.1) is 11.6 Å². The Morgan fingerprint density at radius 2 is 1.95 bits per heavy atom. The molecular weight excluding hydrogens is 286 g/mol. The van der Waals surface area contributed by atoms with Gasteiger partial charge >= 0.3 is 0 Å². The van der Waals surface area contributed by atoms with Crippen molar-refractivity contribution < 1.29 is 13.2 Å². The van der Waals surface area contributed by atoms with E-state index in [0.29, 0.717) is 18.7 Å². The van der Waals surface area contributed by atoms with Gasteiger partial charge in [-0.3, -0.25) is 0 Å². The van der Waals surface area contributed by atoms with Crippen molar-refractivity contribution in [3.8, 4) is 0 Å². The van der Waals surface area contributed by atoms with E-state index >= 15 is 0 Å². The molecule has 0 radical (unpaired) electrons. The molecule has 0 aliphatic carbocycles. The van der Waals surface area contributed by atoms with Gasteiger partial charge in [-0.25, -0.2) is 8.42 Å². The van der Waals surface area contributed by atoms with Crippen molar-refractivity contribution in [2.75, 3.05) is 20.3 Å². The lowest BCUT2D eigenvalue weighted by Gasteiger charge is -2.26. The largest absolute Gasteiger partial charge is 0.383 e. The number of hydrogen-bond acceptors (Lipinski definition) is 3. The zero-order valence-electron chi connectivity index (χ0n) is 11.5. The van der Waals surface area contributed by atoms with E-state index in [1.54, 1.807) is 31.4 Å². The van der Waals surface area contributed by atoms with Crippen LogP contribution in [0.1, 0.15) is 19.4 Å². The summed E-state index contributed by atoms with van der Waals surface area (Å²) in [4.78, 5) is 0.273. The van der Waals surface area contributed by atoms with Gasteiger partial charge in [-0.1, -0.05) is 18.2 Å². The molecule has 0 spiro atoms. The quantitative estimate of drug-likeness (QED) is 0.727. The van der Waals surface area contributed by atoms with E-state index < -0.39 is 10.0 Å². The van der Waals surface area contributed by atoms with Crippen LogP contribution in [0.4, 0.5) is 0 Å². The van der Waals surface area contributed by atoms with Gasteiger partial charge in [-0.2, -0.15) is 4.31 Å². The fourth-order valence-corrected chi connectivity index (χ4v) is 3.99. The number of benzene rings is 1. The molecule has 0 bridgehead atoms. The minimum Gasteiger partial charge on any atom is -0.383 e. The molecule has 108 valence electrons. The topological polar surface area (TPSA) is 46.6 Å². The highest BCUT2D eigenvalue weighted by Gasteiger charge is 2.28. The van der Waals surface area contributed by atoms with Gasteiger partial charge in [0.1, 0.15) is 0 Å². The molecule has 0 heterocycles. The van der Waals surface area contributed by atoms with E-state index in [2.05, 4.69) is 0 Å². The highest BCUT2D eigenvalue weighted by atomic mass is 35.5. The van der Waals surface area contributed by atoms with Crippen LogP contribution in [-0.2, 0) is 20.6 Å². The van der Waals surface area contributed by atoms with Gasteiger partial charge in [0.15, 0.2) is 0 Å². The predicted octanol–water partition coefficient (Wildman–Crippen LogP) is 2.47. The first-order valence-electron chi connectivity index (χ1n) is 6.09. The number of nitrogens with zero attached hydrogens (tertiary/aromatic N) is 1.